The number of carbonyl (C=O) groups is 2. The Kier molecular flexibility index (Phi) is 6.62. The Morgan fingerprint density at radius 2 is 2.00 bits per heavy atom. The average molecular weight is 305 g/mol. The fourth-order valence-corrected chi connectivity index (χ4v) is 1.63. The summed E-state index contributed by atoms with van der Waals surface area (Å²) in [5, 5.41) is 5.87. The number of amides is 2. The highest BCUT2D eigenvalue weighted by Gasteiger charge is 2.11. The van der Waals surface area contributed by atoms with E-state index >= 15 is 0 Å². The van der Waals surface area contributed by atoms with Crippen molar-refractivity contribution in [2.75, 3.05) is 25.6 Å². The highest BCUT2D eigenvalue weighted by Crippen LogP contribution is 2.25. The number of rotatable bonds is 6. The van der Waals surface area contributed by atoms with Crippen molar-refractivity contribution in [1.29, 1.82) is 0 Å². The first-order valence-electron chi connectivity index (χ1n) is 5.53. The summed E-state index contributed by atoms with van der Waals surface area (Å²) in [6, 6.07) is 4.69. The summed E-state index contributed by atoms with van der Waals surface area (Å²) in [5.74, 6) is -0.841. The van der Waals surface area contributed by atoms with E-state index in [2.05, 4.69) is 10.6 Å². The number of methoxy groups -OCH3 is 1. The monoisotopic (exact) mass is 304 g/mol. The molecule has 0 fully saturated rings. The van der Waals surface area contributed by atoms with Crippen LogP contribution < -0.4 is 10.6 Å². The third-order valence-electron chi connectivity index (χ3n) is 2.15. The van der Waals surface area contributed by atoms with E-state index in [0.29, 0.717) is 28.9 Å². The Bertz CT molecular complexity index is 466. The Morgan fingerprint density at radius 3 is 2.68 bits per heavy atom. The second kappa shape index (κ2) is 7.99. The summed E-state index contributed by atoms with van der Waals surface area (Å²) in [7, 11) is 1.53. The lowest BCUT2D eigenvalue weighted by molar-refractivity contribution is -0.126. The molecule has 0 atom stereocenters. The van der Waals surface area contributed by atoms with E-state index < -0.39 is 5.91 Å². The van der Waals surface area contributed by atoms with Gasteiger partial charge in [0.15, 0.2) is 0 Å². The van der Waals surface area contributed by atoms with Gasteiger partial charge in [0, 0.05) is 18.7 Å². The maximum atomic E-state index is 11.6. The molecule has 5 nitrogen and oxygen atoms in total. The zero-order valence-corrected chi connectivity index (χ0v) is 11.8. The molecule has 0 radical (unpaired) electrons. The van der Waals surface area contributed by atoms with Gasteiger partial charge in [-0.2, -0.15) is 0 Å². The summed E-state index contributed by atoms with van der Waals surface area (Å²) < 4.78 is 4.77. The number of hydrogen-bond donors (Lipinski definition) is 2. The van der Waals surface area contributed by atoms with Crippen LogP contribution in [0.5, 0.6) is 0 Å². The van der Waals surface area contributed by atoms with E-state index in [4.69, 9.17) is 27.9 Å². The molecule has 0 aromatic heterocycles. The molecular weight excluding hydrogens is 291 g/mol. The van der Waals surface area contributed by atoms with Gasteiger partial charge in [0.05, 0.1) is 17.3 Å². The van der Waals surface area contributed by atoms with Gasteiger partial charge < -0.3 is 15.4 Å². The lowest BCUT2D eigenvalue weighted by Crippen LogP contribution is -2.30. The fourth-order valence-electron chi connectivity index (χ4n) is 1.29. The van der Waals surface area contributed by atoms with Crippen LogP contribution >= 0.6 is 23.2 Å². The van der Waals surface area contributed by atoms with Crippen LogP contribution in [0, 0.1) is 0 Å². The molecule has 0 bridgehead atoms. The molecule has 1 rings (SSSR count). The van der Waals surface area contributed by atoms with Crippen molar-refractivity contribution in [3.8, 4) is 0 Å². The van der Waals surface area contributed by atoms with Crippen LogP contribution in [0.2, 0.25) is 10.0 Å². The zero-order valence-electron chi connectivity index (χ0n) is 10.3. The minimum Gasteiger partial charge on any atom is -0.383 e. The fraction of sp³-hybridized carbons (Fsp3) is 0.333. The second-order valence-corrected chi connectivity index (χ2v) is 4.54. The molecule has 7 heteroatoms. The molecule has 2 amide bonds. The molecule has 0 heterocycles. The van der Waals surface area contributed by atoms with Crippen molar-refractivity contribution in [3.63, 3.8) is 0 Å². The molecule has 1 aromatic carbocycles. The van der Waals surface area contributed by atoms with Crippen molar-refractivity contribution in [2.45, 2.75) is 6.42 Å². The van der Waals surface area contributed by atoms with Gasteiger partial charge in [-0.05, 0) is 18.2 Å². The second-order valence-electron chi connectivity index (χ2n) is 3.69. The Balaban J connectivity index is 2.46. The van der Waals surface area contributed by atoms with Crippen LogP contribution in [0.25, 0.3) is 0 Å². The van der Waals surface area contributed by atoms with E-state index in [9.17, 15) is 9.59 Å². The Hall–Kier alpha value is -1.30. The van der Waals surface area contributed by atoms with E-state index in [1.54, 1.807) is 12.1 Å². The Morgan fingerprint density at radius 1 is 1.26 bits per heavy atom. The van der Waals surface area contributed by atoms with Crippen LogP contribution in [0.1, 0.15) is 6.42 Å². The van der Waals surface area contributed by atoms with E-state index in [-0.39, 0.29) is 12.3 Å². The first kappa shape index (κ1) is 15.8. The summed E-state index contributed by atoms with van der Waals surface area (Å²) in [5.41, 5.74) is 0.379. The minimum atomic E-state index is -0.459. The molecule has 0 saturated carbocycles. The van der Waals surface area contributed by atoms with Crippen LogP contribution in [0.4, 0.5) is 5.69 Å². The predicted octanol–water partition coefficient (Wildman–Crippen LogP) is 2.08. The van der Waals surface area contributed by atoms with Crippen LogP contribution in [0.3, 0.4) is 0 Å². The summed E-state index contributed by atoms with van der Waals surface area (Å²) in [6.45, 7) is 0.758. The number of halogens is 2. The number of anilines is 1. The van der Waals surface area contributed by atoms with Crippen molar-refractivity contribution in [1.82, 2.24) is 5.32 Å². The summed E-state index contributed by atoms with van der Waals surface area (Å²) in [4.78, 5) is 23.0. The molecule has 104 valence electrons. The average Bonchev–Trinajstić information content (AvgIpc) is 2.34. The molecule has 0 unspecified atom stereocenters. The van der Waals surface area contributed by atoms with Gasteiger partial charge in [0.2, 0.25) is 11.8 Å². The molecule has 0 spiro atoms. The minimum absolute atomic E-state index is 0.285. The van der Waals surface area contributed by atoms with Crippen molar-refractivity contribution >= 4 is 40.7 Å². The van der Waals surface area contributed by atoms with Crippen molar-refractivity contribution in [2.24, 2.45) is 0 Å². The quantitative estimate of drug-likeness (QED) is 0.624. The molecule has 0 aliphatic carbocycles. The third kappa shape index (κ3) is 5.92. The number of nitrogens with one attached hydrogen (secondary N) is 2. The van der Waals surface area contributed by atoms with E-state index in [0.717, 1.165) is 0 Å². The zero-order chi connectivity index (χ0) is 14.3. The SMILES string of the molecule is COCCNC(=O)CC(=O)Nc1cc(Cl)ccc1Cl. The van der Waals surface area contributed by atoms with Gasteiger partial charge in [-0.15, -0.1) is 0 Å². The van der Waals surface area contributed by atoms with E-state index in [1.165, 1.54) is 13.2 Å². The maximum Gasteiger partial charge on any atom is 0.233 e. The largest absolute Gasteiger partial charge is 0.383 e. The molecule has 0 saturated heterocycles. The van der Waals surface area contributed by atoms with Gasteiger partial charge in [0.25, 0.3) is 0 Å². The Labute approximate surface area is 121 Å². The highest BCUT2D eigenvalue weighted by molar-refractivity contribution is 6.35. The number of hydrogen-bond acceptors (Lipinski definition) is 3. The van der Waals surface area contributed by atoms with Gasteiger partial charge in [0.1, 0.15) is 6.42 Å². The molecule has 0 aliphatic rings. The van der Waals surface area contributed by atoms with Gasteiger partial charge in [-0.25, -0.2) is 0 Å². The number of ether oxygens (including phenoxy) is 1. The van der Waals surface area contributed by atoms with Crippen LogP contribution in [-0.4, -0.2) is 32.1 Å². The lowest BCUT2D eigenvalue weighted by atomic mass is 10.3. The summed E-state index contributed by atoms with van der Waals surface area (Å²) >= 11 is 11.7. The van der Waals surface area contributed by atoms with E-state index in [1.807, 2.05) is 0 Å². The van der Waals surface area contributed by atoms with Crippen LogP contribution in [0.15, 0.2) is 18.2 Å². The number of carbonyl (C=O) groups excluding carboxylic acids is 2. The first-order valence-corrected chi connectivity index (χ1v) is 6.29. The molecule has 19 heavy (non-hydrogen) atoms. The first-order chi connectivity index (χ1) is 9.02. The predicted molar refractivity (Wildman–Crippen MR) is 74.6 cm³/mol. The van der Waals surface area contributed by atoms with Gasteiger partial charge >= 0.3 is 0 Å². The van der Waals surface area contributed by atoms with Crippen molar-refractivity contribution < 1.29 is 14.3 Å². The molecule has 2 N–H and O–H groups in total. The standard InChI is InChI=1S/C12H14Cl2N2O3/c1-19-5-4-15-11(17)7-12(18)16-10-6-8(13)2-3-9(10)14/h2-3,6H,4-5,7H2,1H3,(H,15,17)(H,16,18). The topological polar surface area (TPSA) is 67.4 Å². The third-order valence-corrected chi connectivity index (χ3v) is 2.72. The van der Waals surface area contributed by atoms with Crippen LogP contribution in [-0.2, 0) is 14.3 Å². The lowest BCUT2D eigenvalue weighted by Gasteiger charge is -2.08. The number of benzene rings is 1. The van der Waals surface area contributed by atoms with Gasteiger partial charge in [-0.3, -0.25) is 9.59 Å². The van der Waals surface area contributed by atoms with Crippen molar-refractivity contribution in [3.05, 3.63) is 28.2 Å². The summed E-state index contributed by atoms with van der Waals surface area (Å²) in [6.07, 6.45) is -0.285. The molecule has 0 aliphatic heterocycles. The van der Waals surface area contributed by atoms with Gasteiger partial charge in [-0.1, -0.05) is 23.2 Å². The molecule has 1 aromatic rings. The molecular formula is C12H14Cl2N2O3. The smallest absolute Gasteiger partial charge is 0.233 e. The highest BCUT2D eigenvalue weighted by atomic mass is 35.5. The normalized spacial score (nSPS) is 10.1. The maximum absolute atomic E-state index is 11.6.